The highest BCUT2D eigenvalue weighted by molar-refractivity contribution is 5.88. The zero-order valence-corrected chi connectivity index (χ0v) is 17.4. The van der Waals surface area contributed by atoms with Crippen LogP contribution >= 0.6 is 0 Å². The molecule has 0 aromatic rings. The van der Waals surface area contributed by atoms with Crippen molar-refractivity contribution in [3.05, 3.63) is 11.6 Å². The minimum atomic E-state index is -0.758. The maximum Gasteiger partial charge on any atom is 0.310 e. The van der Waals surface area contributed by atoms with Crippen molar-refractivity contribution in [3.63, 3.8) is 0 Å². The van der Waals surface area contributed by atoms with Crippen LogP contribution in [0.1, 0.15) is 59.8 Å². The molecule has 4 fully saturated rings. The monoisotopic (exact) mass is 376 g/mol. The molecular formula is C22H36N2O3. The molecule has 0 radical (unpaired) electrons. The van der Waals surface area contributed by atoms with Crippen molar-refractivity contribution >= 4 is 11.9 Å². The summed E-state index contributed by atoms with van der Waals surface area (Å²) in [5.74, 6) is 1.58. The summed E-state index contributed by atoms with van der Waals surface area (Å²) in [7, 11) is 0. The first-order valence-electron chi connectivity index (χ1n) is 10.5. The van der Waals surface area contributed by atoms with Gasteiger partial charge in [-0.2, -0.15) is 0 Å². The van der Waals surface area contributed by atoms with E-state index in [0.717, 1.165) is 44.3 Å². The van der Waals surface area contributed by atoms with Crippen LogP contribution in [-0.2, 0) is 9.59 Å². The molecule has 1 amide bonds. The van der Waals surface area contributed by atoms with Gasteiger partial charge in [0.05, 0.1) is 5.41 Å². The van der Waals surface area contributed by atoms with Crippen LogP contribution in [0.15, 0.2) is 11.6 Å². The van der Waals surface area contributed by atoms with Crippen molar-refractivity contribution in [2.75, 3.05) is 26.2 Å². The van der Waals surface area contributed by atoms with Crippen molar-refractivity contribution in [2.24, 2.45) is 28.6 Å². The van der Waals surface area contributed by atoms with Gasteiger partial charge in [-0.25, -0.2) is 0 Å². The van der Waals surface area contributed by atoms with Crippen LogP contribution in [0.2, 0.25) is 0 Å². The molecular weight excluding hydrogens is 340 g/mol. The van der Waals surface area contributed by atoms with E-state index in [0.29, 0.717) is 17.9 Å². The van der Waals surface area contributed by atoms with E-state index >= 15 is 0 Å². The molecule has 4 aliphatic rings. The number of carbonyl (C=O) groups is 2. The lowest BCUT2D eigenvalue weighted by atomic mass is 9.45. The van der Waals surface area contributed by atoms with Gasteiger partial charge in [0.1, 0.15) is 0 Å². The summed E-state index contributed by atoms with van der Waals surface area (Å²) in [5.41, 5.74) is 0.916. The lowest BCUT2D eigenvalue weighted by Crippen LogP contribution is -2.54. The number of aliphatic carboxylic acids is 1. The zero-order valence-electron chi connectivity index (χ0n) is 17.4. The van der Waals surface area contributed by atoms with E-state index in [4.69, 9.17) is 0 Å². The van der Waals surface area contributed by atoms with Crippen molar-refractivity contribution < 1.29 is 14.7 Å². The minimum absolute atomic E-state index is 0.0450. The molecule has 152 valence electrons. The van der Waals surface area contributed by atoms with Gasteiger partial charge in [0.15, 0.2) is 0 Å². The number of likely N-dealkylation sites (tertiary alicyclic amines) is 1. The number of nitrogens with one attached hydrogen (secondary N) is 1. The lowest BCUT2D eigenvalue weighted by Gasteiger charge is -2.60. The first-order chi connectivity index (χ1) is 12.6. The molecule has 3 aliphatic carbocycles. The molecule has 1 aliphatic heterocycles. The second-order valence-electron chi connectivity index (χ2n) is 10.2. The van der Waals surface area contributed by atoms with Gasteiger partial charge in [-0.05, 0) is 69.1 Å². The third-order valence-electron chi connectivity index (χ3n) is 7.57. The van der Waals surface area contributed by atoms with E-state index < -0.39 is 11.4 Å². The zero-order chi connectivity index (χ0) is 19.8. The number of carboxylic acids is 1. The lowest BCUT2D eigenvalue weighted by molar-refractivity contribution is -0.148. The minimum Gasteiger partial charge on any atom is -0.481 e. The molecule has 4 rings (SSSR count). The Hall–Kier alpha value is -1.36. The smallest absolute Gasteiger partial charge is 0.310 e. The second kappa shape index (κ2) is 7.57. The van der Waals surface area contributed by atoms with E-state index in [2.05, 4.69) is 24.1 Å². The fourth-order valence-electron chi connectivity index (χ4n) is 5.44. The Morgan fingerprint density at radius 2 is 1.93 bits per heavy atom. The van der Waals surface area contributed by atoms with Crippen LogP contribution in [0, 0.1) is 28.6 Å². The van der Waals surface area contributed by atoms with E-state index in [1.54, 1.807) is 19.9 Å². The van der Waals surface area contributed by atoms with Gasteiger partial charge in [0.2, 0.25) is 5.91 Å². The molecule has 27 heavy (non-hydrogen) atoms. The van der Waals surface area contributed by atoms with E-state index in [-0.39, 0.29) is 5.91 Å². The van der Waals surface area contributed by atoms with Gasteiger partial charge < -0.3 is 15.3 Å². The normalized spacial score (nSPS) is 30.4. The largest absolute Gasteiger partial charge is 0.481 e. The number of piperidine rings is 1. The third kappa shape index (κ3) is 4.39. The van der Waals surface area contributed by atoms with Crippen LogP contribution < -0.4 is 5.32 Å². The standard InChI is InChI=1S/C22H36N2O3/c1-21(2,20(26)27)14-24-9-7-15(8-10-24)11-19(25)23-13-16-5-6-17-12-18(16)22(17,3)4/h11,16-18H,5-10,12-14H2,1-4H3,(H,23,25)(H,26,27)/t16-,17-,18-/m0/s1. The number of carboxylic acid groups (broad SMARTS) is 1. The molecule has 0 aromatic heterocycles. The fourth-order valence-corrected chi connectivity index (χ4v) is 5.44. The summed E-state index contributed by atoms with van der Waals surface area (Å²) in [6.07, 6.45) is 7.40. The summed E-state index contributed by atoms with van der Waals surface area (Å²) >= 11 is 0. The highest BCUT2D eigenvalue weighted by atomic mass is 16.4. The van der Waals surface area contributed by atoms with E-state index in [1.807, 2.05) is 0 Å². The molecule has 5 nitrogen and oxygen atoms in total. The average Bonchev–Trinajstić information content (AvgIpc) is 2.61. The Labute approximate surface area is 163 Å². The molecule has 3 atom stereocenters. The number of fused-ring (bicyclic) bond motifs is 2. The summed E-state index contributed by atoms with van der Waals surface area (Å²) in [5, 5.41) is 12.4. The molecule has 3 saturated carbocycles. The van der Waals surface area contributed by atoms with Gasteiger partial charge in [0.25, 0.3) is 0 Å². The van der Waals surface area contributed by atoms with E-state index in [1.165, 1.54) is 24.8 Å². The van der Waals surface area contributed by atoms with Gasteiger partial charge in [-0.3, -0.25) is 9.59 Å². The Balaban J connectivity index is 1.42. The molecule has 0 aromatic carbocycles. The predicted octanol–water partition coefficient (Wildman–Crippen LogP) is 3.31. The first-order valence-corrected chi connectivity index (χ1v) is 10.5. The maximum atomic E-state index is 12.4. The van der Waals surface area contributed by atoms with Crippen LogP contribution in [0.3, 0.4) is 0 Å². The van der Waals surface area contributed by atoms with Crippen molar-refractivity contribution in [1.82, 2.24) is 10.2 Å². The van der Waals surface area contributed by atoms with Gasteiger partial charge in [0, 0.05) is 32.3 Å². The molecule has 0 spiro atoms. The highest BCUT2D eigenvalue weighted by Gasteiger charge is 2.53. The predicted molar refractivity (Wildman–Crippen MR) is 106 cm³/mol. The number of nitrogens with zero attached hydrogens (tertiary/aromatic N) is 1. The molecule has 2 bridgehead atoms. The first kappa shape index (κ1) is 20.4. The molecule has 0 unspecified atom stereocenters. The summed E-state index contributed by atoms with van der Waals surface area (Å²) < 4.78 is 0. The van der Waals surface area contributed by atoms with E-state index in [9.17, 15) is 14.7 Å². The van der Waals surface area contributed by atoms with Crippen molar-refractivity contribution in [3.8, 4) is 0 Å². The Kier molecular flexibility index (Phi) is 5.72. The Morgan fingerprint density at radius 1 is 1.26 bits per heavy atom. The van der Waals surface area contributed by atoms with Gasteiger partial charge in [-0.15, -0.1) is 0 Å². The summed E-state index contributed by atoms with van der Waals surface area (Å²) in [4.78, 5) is 25.8. The van der Waals surface area contributed by atoms with Crippen LogP contribution in [0.4, 0.5) is 0 Å². The number of hydrogen-bond acceptors (Lipinski definition) is 3. The van der Waals surface area contributed by atoms with Crippen LogP contribution in [0.5, 0.6) is 0 Å². The quantitative estimate of drug-likeness (QED) is 0.698. The van der Waals surface area contributed by atoms with Crippen LogP contribution in [-0.4, -0.2) is 48.1 Å². The summed E-state index contributed by atoms with van der Waals surface area (Å²) in [6, 6.07) is 0. The fraction of sp³-hybridized carbons (Fsp3) is 0.818. The topological polar surface area (TPSA) is 69.6 Å². The molecule has 5 heteroatoms. The summed E-state index contributed by atoms with van der Waals surface area (Å²) in [6.45, 7) is 11.3. The molecule has 1 saturated heterocycles. The third-order valence-corrected chi connectivity index (χ3v) is 7.57. The Bertz CT molecular complexity index is 611. The van der Waals surface area contributed by atoms with Gasteiger partial charge in [-0.1, -0.05) is 19.4 Å². The SMILES string of the molecule is CC(C)(CN1CCC(=CC(=O)NC[C@@H]2CC[C@H]3C[C@@H]2C3(C)C)CC1)C(=O)O. The number of hydrogen-bond donors (Lipinski definition) is 2. The molecule has 1 heterocycles. The number of carbonyl (C=O) groups excluding carboxylic acids is 1. The number of amides is 1. The highest BCUT2D eigenvalue weighted by Crippen LogP contribution is 2.61. The van der Waals surface area contributed by atoms with Crippen LogP contribution in [0.25, 0.3) is 0 Å². The van der Waals surface area contributed by atoms with Gasteiger partial charge >= 0.3 is 5.97 Å². The number of rotatable bonds is 6. The second-order valence-corrected chi connectivity index (χ2v) is 10.2. The maximum absolute atomic E-state index is 12.4. The Morgan fingerprint density at radius 3 is 2.48 bits per heavy atom. The average molecular weight is 377 g/mol. The molecule has 2 N–H and O–H groups in total. The van der Waals surface area contributed by atoms with Crippen molar-refractivity contribution in [2.45, 2.75) is 59.8 Å². The van der Waals surface area contributed by atoms with Crippen molar-refractivity contribution in [1.29, 1.82) is 0 Å².